The first-order valence-electron chi connectivity index (χ1n) is 8.83. The van der Waals surface area contributed by atoms with E-state index in [1.807, 2.05) is 5.38 Å². The smallest absolute Gasteiger partial charge is 0.252 e. The summed E-state index contributed by atoms with van der Waals surface area (Å²) in [5, 5.41) is 9.45. The second kappa shape index (κ2) is 8.27. The van der Waals surface area contributed by atoms with Crippen molar-refractivity contribution in [3.8, 4) is 22.0 Å². The van der Waals surface area contributed by atoms with Crippen LogP contribution in [0.5, 0.6) is 0 Å². The number of thiazole rings is 1. The number of nitrogens with zero attached hydrogens (tertiary/aromatic N) is 4. The standard InChI is InChI=1S/C20H16FN5O2S/c1-12-24-18(26-28-12)14-8-15(10-22-9-14)19(27)23-7-6-17-11-29-20(25-17)13-2-4-16(21)5-3-13/h2-5,8-11H,6-7H2,1H3,(H,23,27). The number of aromatic nitrogens is 4. The van der Waals surface area contributed by atoms with Gasteiger partial charge < -0.3 is 9.84 Å². The van der Waals surface area contributed by atoms with E-state index in [1.54, 1.807) is 31.3 Å². The molecule has 1 amide bonds. The molecule has 0 aliphatic carbocycles. The van der Waals surface area contributed by atoms with Gasteiger partial charge in [0.15, 0.2) is 0 Å². The Bertz CT molecular complexity index is 1140. The number of aryl methyl sites for hydroxylation is 1. The van der Waals surface area contributed by atoms with Crippen molar-refractivity contribution in [3.05, 3.63) is 71.1 Å². The van der Waals surface area contributed by atoms with E-state index in [0.29, 0.717) is 35.8 Å². The molecule has 0 fully saturated rings. The molecule has 4 rings (SSSR count). The summed E-state index contributed by atoms with van der Waals surface area (Å²) in [5.74, 6) is 0.313. The van der Waals surface area contributed by atoms with E-state index < -0.39 is 0 Å². The van der Waals surface area contributed by atoms with Gasteiger partial charge in [0.05, 0.1) is 11.3 Å². The number of halogens is 1. The molecule has 0 radical (unpaired) electrons. The van der Waals surface area contributed by atoms with Gasteiger partial charge in [-0.2, -0.15) is 4.98 Å². The third-order valence-corrected chi connectivity index (χ3v) is 5.04. The topological polar surface area (TPSA) is 93.8 Å². The summed E-state index contributed by atoms with van der Waals surface area (Å²) in [5.41, 5.74) is 2.75. The van der Waals surface area contributed by atoms with Gasteiger partial charge in [-0.3, -0.25) is 9.78 Å². The highest BCUT2D eigenvalue weighted by molar-refractivity contribution is 7.13. The van der Waals surface area contributed by atoms with E-state index in [9.17, 15) is 9.18 Å². The Morgan fingerprint density at radius 1 is 1.17 bits per heavy atom. The summed E-state index contributed by atoms with van der Waals surface area (Å²) in [6, 6.07) is 7.89. The van der Waals surface area contributed by atoms with Crippen LogP contribution in [-0.4, -0.2) is 32.6 Å². The van der Waals surface area contributed by atoms with Gasteiger partial charge in [0.2, 0.25) is 11.7 Å². The number of pyridine rings is 1. The van der Waals surface area contributed by atoms with E-state index in [2.05, 4.69) is 25.4 Å². The predicted octanol–water partition coefficient (Wildman–Crippen LogP) is 3.68. The minimum atomic E-state index is -0.277. The molecule has 0 aliphatic heterocycles. The lowest BCUT2D eigenvalue weighted by atomic mass is 10.2. The summed E-state index contributed by atoms with van der Waals surface area (Å²) in [6.45, 7) is 2.12. The number of hydrogen-bond donors (Lipinski definition) is 1. The first-order chi connectivity index (χ1) is 14.1. The Balaban J connectivity index is 1.35. The summed E-state index contributed by atoms with van der Waals surface area (Å²) >= 11 is 1.49. The van der Waals surface area contributed by atoms with E-state index in [0.717, 1.165) is 16.3 Å². The lowest BCUT2D eigenvalue weighted by Crippen LogP contribution is -2.25. The molecule has 0 saturated carbocycles. The van der Waals surface area contributed by atoms with Gasteiger partial charge in [-0.1, -0.05) is 5.16 Å². The fraction of sp³-hybridized carbons (Fsp3) is 0.150. The monoisotopic (exact) mass is 409 g/mol. The van der Waals surface area contributed by atoms with Gasteiger partial charge in [0.25, 0.3) is 5.91 Å². The van der Waals surface area contributed by atoms with Crippen LogP contribution in [0.25, 0.3) is 22.0 Å². The Kier molecular flexibility index (Phi) is 5.39. The van der Waals surface area contributed by atoms with Crippen LogP contribution in [0.1, 0.15) is 21.9 Å². The second-order valence-corrected chi connectivity index (χ2v) is 7.11. The molecule has 29 heavy (non-hydrogen) atoms. The highest BCUT2D eigenvalue weighted by Gasteiger charge is 2.12. The maximum Gasteiger partial charge on any atom is 0.252 e. The number of carbonyl (C=O) groups excluding carboxylic acids is 1. The van der Waals surface area contributed by atoms with Crippen molar-refractivity contribution >= 4 is 17.2 Å². The molecule has 0 atom stereocenters. The van der Waals surface area contributed by atoms with Crippen LogP contribution in [0.4, 0.5) is 4.39 Å². The summed E-state index contributed by atoms with van der Waals surface area (Å²) in [6.07, 6.45) is 3.65. The molecule has 7 nitrogen and oxygen atoms in total. The third-order valence-electron chi connectivity index (χ3n) is 4.10. The van der Waals surface area contributed by atoms with Gasteiger partial charge in [-0.05, 0) is 30.3 Å². The molecule has 0 saturated heterocycles. The highest BCUT2D eigenvalue weighted by Crippen LogP contribution is 2.24. The number of hydrogen-bond acceptors (Lipinski definition) is 7. The normalized spacial score (nSPS) is 10.8. The van der Waals surface area contributed by atoms with Gasteiger partial charge in [-0.25, -0.2) is 9.37 Å². The fourth-order valence-corrected chi connectivity index (χ4v) is 3.52. The molecule has 1 aromatic carbocycles. The maximum absolute atomic E-state index is 13.0. The van der Waals surface area contributed by atoms with E-state index >= 15 is 0 Å². The minimum absolute atomic E-state index is 0.242. The first kappa shape index (κ1) is 18.9. The van der Waals surface area contributed by atoms with Gasteiger partial charge in [-0.15, -0.1) is 11.3 Å². The predicted molar refractivity (Wildman–Crippen MR) is 106 cm³/mol. The van der Waals surface area contributed by atoms with Crippen molar-refractivity contribution < 1.29 is 13.7 Å². The summed E-state index contributed by atoms with van der Waals surface area (Å²) in [7, 11) is 0. The zero-order chi connectivity index (χ0) is 20.2. The average Bonchev–Trinajstić information content (AvgIpc) is 3.38. The molecule has 9 heteroatoms. The van der Waals surface area contributed by atoms with Crippen LogP contribution in [0.2, 0.25) is 0 Å². The Hall–Kier alpha value is -3.46. The van der Waals surface area contributed by atoms with Crippen LogP contribution in [0.3, 0.4) is 0 Å². The minimum Gasteiger partial charge on any atom is -0.352 e. The van der Waals surface area contributed by atoms with Gasteiger partial charge in [0, 0.05) is 48.8 Å². The molecule has 0 unspecified atom stereocenters. The van der Waals surface area contributed by atoms with Crippen LogP contribution in [-0.2, 0) is 6.42 Å². The number of amides is 1. The Morgan fingerprint density at radius 2 is 2.00 bits per heavy atom. The maximum atomic E-state index is 13.0. The van der Waals surface area contributed by atoms with E-state index in [-0.39, 0.29) is 11.7 Å². The zero-order valence-corrected chi connectivity index (χ0v) is 16.2. The van der Waals surface area contributed by atoms with Gasteiger partial charge >= 0.3 is 0 Å². The quantitative estimate of drug-likeness (QED) is 0.522. The second-order valence-electron chi connectivity index (χ2n) is 6.26. The molecule has 1 N–H and O–H groups in total. The number of rotatable bonds is 6. The number of carbonyl (C=O) groups is 1. The average molecular weight is 409 g/mol. The van der Waals surface area contributed by atoms with Crippen molar-refractivity contribution in [1.82, 2.24) is 25.4 Å². The lowest BCUT2D eigenvalue weighted by molar-refractivity contribution is 0.0953. The van der Waals surface area contributed by atoms with Crippen molar-refractivity contribution in [2.45, 2.75) is 13.3 Å². The zero-order valence-electron chi connectivity index (χ0n) is 15.4. The van der Waals surface area contributed by atoms with E-state index in [1.165, 1.54) is 29.7 Å². The number of nitrogens with one attached hydrogen (secondary N) is 1. The molecular weight excluding hydrogens is 393 g/mol. The molecule has 3 heterocycles. The fourth-order valence-electron chi connectivity index (χ4n) is 2.66. The Labute approximate surface area is 169 Å². The van der Waals surface area contributed by atoms with Crippen LogP contribution >= 0.6 is 11.3 Å². The van der Waals surface area contributed by atoms with Crippen LogP contribution in [0.15, 0.2) is 52.6 Å². The highest BCUT2D eigenvalue weighted by atomic mass is 32.1. The van der Waals surface area contributed by atoms with Crippen LogP contribution in [0, 0.1) is 12.7 Å². The Morgan fingerprint density at radius 3 is 2.76 bits per heavy atom. The molecule has 0 spiro atoms. The van der Waals surface area contributed by atoms with Crippen molar-refractivity contribution in [2.24, 2.45) is 0 Å². The molecule has 0 bridgehead atoms. The molecular formula is C20H16FN5O2S. The van der Waals surface area contributed by atoms with Crippen molar-refractivity contribution in [3.63, 3.8) is 0 Å². The molecule has 146 valence electrons. The third kappa shape index (κ3) is 4.52. The lowest BCUT2D eigenvalue weighted by Gasteiger charge is -2.04. The van der Waals surface area contributed by atoms with Crippen LogP contribution < -0.4 is 5.32 Å². The van der Waals surface area contributed by atoms with E-state index in [4.69, 9.17) is 4.52 Å². The summed E-state index contributed by atoms with van der Waals surface area (Å²) < 4.78 is 18.0. The molecule has 0 aliphatic rings. The first-order valence-corrected chi connectivity index (χ1v) is 9.71. The van der Waals surface area contributed by atoms with Gasteiger partial charge in [0.1, 0.15) is 10.8 Å². The molecule has 3 aromatic heterocycles. The van der Waals surface area contributed by atoms with Crippen molar-refractivity contribution in [1.29, 1.82) is 0 Å². The van der Waals surface area contributed by atoms with Crippen molar-refractivity contribution in [2.75, 3.05) is 6.54 Å². The SMILES string of the molecule is Cc1nc(-c2cncc(C(=O)NCCc3csc(-c4ccc(F)cc4)n3)c2)no1. The summed E-state index contributed by atoms with van der Waals surface area (Å²) in [4.78, 5) is 25.2. The largest absolute Gasteiger partial charge is 0.352 e. The number of benzene rings is 1. The molecule has 4 aromatic rings.